The van der Waals surface area contributed by atoms with Gasteiger partial charge in [0, 0.05) is 5.41 Å². The highest BCUT2D eigenvalue weighted by Crippen LogP contribution is 2.57. The summed E-state index contributed by atoms with van der Waals surface area (Å²) in [5.41, 5.74) is 8.70. The Morgan fingerprint density at radius 1 is 0.707 bits per heavy atom. The van der Waals surface area contributed by atoms with Crippen LogP contribution >= 0.6 is 0 Å². The van der Waals surface area contributed by atoms with Crippen molar-refractivity contribution in [3.63, 3.8) is 0 Å². The van der Waals surface area contributed by atoms with E-state index in [2.05, 4.69) is 127 Å². The number of hydrogen-bond donors (Lipinski definition) is 1. The lowest BCUT2D eigenvalue weighted by molar-refractivity contribution is 0.152. The van der Waals surface area contributed by atoms with Crippen molar-refractivity contribution < 1.29 is 9.84 Å². The fraction of sp³-hybridized carbons (Fsp3) is 0.385. The van der Waals surface area contributed by atoms with E-state index in [-0.39, 0.29) is 16.6 Å². The van der Waals surface area contributed by atoms with E-state index in [9.17, 15) is 5.11 Å². The first kappa shape index (κ1) is 29.0. The molecular weight excluding hydrogens is 500 g/mol. The third-order valence-corrected chi connectivity index (χ3v) is 10.5. The average Bonchev–Trinajstić information content (AvgIpc) is 3.30. The molecule has 0 fully saturated rings. The molecule has 2 atom stereocenters. The molecule has 0 amide bonds. The molecule has 0 aromatic heterocycles. The van der Waals surface area contributed by atoms with Crippen LogP contribution in [0, 0.1) is 10.8 Å². The van der Waals surface area contributed by atoms with Crippen molar-refractivity contribution in [2.45, 2.75) is 79.1 Å². The van der Waals surface area contributed by atoms with Gasteiger partial charge in [-0.15, -0.1) is 0 Å². The quantitative estimate of drug-likeness (QED) is 0.189. The number of fused-ring (bicyclic) bond motifs is 3. The van der Waals surface area contributed by atoms with Crippen molar-refractivity contribution in [2.24, 2.45) is 10.8 Å². The zero-order valence-corrected chi connectivity index (χ0v) is 25.9. The number of rotatable bonds is 10. The van der Waals surface area contributed by atoms with E-state index in [0.717, 1.165) is 30.6 Å². The van der Waals surface area contributed by atoms with Crippen LogP contribution in [0.15, 0.2) is 91.0 Å². The van der Waals surface area contributed by atoms with Crippen molar-refractivity contribution in [1.82, 2.24) is 0 Å². The van der Waals surface area contributed by atoms with Gasteiger partial charge in [0.05, 0.1) is 12.0 Å². The minimum atomic E-state index is -0.508. The van der Waals surface area contributed by atoms with Crippen molar-refractivity contribution in [3.05, 3.63) is 119 Å². The van der Waals surface area contributed by atoms with Crippen molar-refractivity contribution in [1.29, 1.82) is 0 Å². The summed E-state index contributed by atoms with van der Waals surface area (Å²) >= 11 is 0. The molecule has 0 saturated heterocycles. The molecule has 41 heavy (non-hydrogen) atoms. The third kappa shape index (κ3) is 4.96. The summed E-state index contributed by atoms with van der Waals surface area (Å²) in [4.78, 5) is 0. The predicted molar refractivity (Wildman–Crippen MR) is 172 cm³/mol. The number of phenolic OH excluding ortho intramolecular Hbond substituents is 1. The standard InChI is InChI=1S/C39H46O2/c1-8-37(5,6)27(4)28-15-24-34-33-13-11-12-14-35(33)39(36(34)25-28,29-16-20-31(40)21-17-29)30-18-22-32(23-19-30)41-26-38(7,9-2)10-3/h11-25,27,40H,8-10,26H2,1-7H3. The lowest BCUT2D eigenvalue weighted by Crippen LogP contribution is -2.29. The molecule has 2 unspecified atom stereocenters. The van der Waals surface area contributed by atoms with Gasteiger partial charge in [-0.3, -0.25) is 0 Å². The highest BCUT2D eigenvalue weighted by atomic mass is 16.5. The molecule has 0 saturated carbocycles. The molecular formula is C39H46O2. The van der Waals surface area contributed by atoms with Gasteiger partial charge in [0.1, 0.15) is 11.5 Å². The normalized spacial score (nSPS) is 17.1. The zero-order chi connectivity index (χ0) is 29.4. The molecule has 1 N–H and O–H groups in total. The Morgan fingerprint density at radius 3 is 1.90 bits per heavy atom. The summed E-state index contributed by atoms with van der Waals surface area (Å²) in [5.74, 6) is 1.59. The summed E-state index contributed by atoms with van der Waals surface area (Å²) in [6, 6.07) is 32.5. The van der Waals surface area contributed by atoms with Crippen molar-refractivity contribution in [2.75, 3.05) is 6.61 Å². The molecule has 4 aromatic carbocycles. The van der Waals surface area contributed by atoms with Gasteiger partial charge in [-0.2, -0.15) is 0 Å². The molecule has 5 rings (SSSR count). The molecule has 0 spiro atoms. The van der Waals surface area contributed by atoms with Crippen LogP contribution in [0.4, 0.5) is 0 Å². The highest BCUT2D eigenvalue weighted by molar-refractivity contribution is 5.86. The van der Waals surface area contributed by atoms with Gasteiger partial charge in [0.2, 0.25) is 0 Å². The molecule has 0 radical (unpaired) electrons. The topological polar surface area (TPSA) is 29.5 Å². The number of phenols is 1. The molecule has 0 aliphatic heterocycles. The number of ether oxygens (including phenoxy) is 1. The summed E-state index contributed by atoms with van der Waals surface area (Å²) in [6.45, 7) is 16.9. The van der Waals surface area contributed by atoms with E-state index < -0.39 is 5.41 Å². The Balaban J connectivity index is 1.71. The van der Waals surface area contributed by atoms with E-state index >= 15 is 0 Å². The van der Waals surface area contributed by atoms with Gasteiger partial charge in [-0.05, 0) is 87.4 Å². The minimum absolute atomic E-state index is 0.175. The van der Waals surface area contributed by atoms with Crippen LogP contribution in [0.25, 0.3) is 11.1 Å². The predicted octanol–water partition coefficient (Wildman–Crippen LogP) is 10.5. The first-order chi connectivity index (χ1) is 19.6. The van der Waals surface area contributed by atoms with Gasteiger partial charge >= 0.3 is 0 Å². The monoisotopic (exact) mass is 546 g/mol. The molecule has 2 heteroatoms. The lowest BCUT2D eigenvalue weighted by Gasteiger charge is -2.36. The number of aromatic hydroxyl groups is 1. The van der Waals surface area contributed by atoms with Crippen LogP contribution in [-0.2, 0) is 5.41 Å². The smallest absolute Gasteiger partial charge is 0.119 e. The van der Waals surface area contributed by atoms with Crippen LogP contribution < -0.4 is 4.74 Å². The van der Waals surface area contributed by atoms with E-state index in [1.54, 1.807) is 0 Å². The van der Waals surface area contributed by atoms with Crippen LogP contribution in [0.1, 0.15) is 101 Å². The summed E-state index contributed by atoms with van der Waals surface area (Å²) in [6.07, 6.45) is 3.30. The highest BCUT2D eigenvalue weighted by Gasteiger charge is 2.46. The Hall–Kier alpha value is -3.52. The van der Waals surface area contributed by atoms with Crippen LogP contribution in [0.2, 0.25) is 0 Å². The van der Waals surface area contributed by atoms with Crippen molar-refractivity contribution >= 4 is 0 Å². The Kier molecular flexibility index (Phi) is 7.81. The fourth-order valence-electron chi connectivity index (χ4n) is 6.34. The maximum atomic E-state index is 10.3. The van der Waals surface area contributed by atoms with E-state index in [1.165, 1.54) is 33.4 Å². The first-order valence-corrected chi connectivity index (χ1v) is 15.4. The fourth-order valence-corrected chi connectivity index (χ4v) is 6.34. The second-order valence-electron chi connectivity index (χ2n) is 13.0. The van der Waals surface area contributed by atoms with E-state index in [0.29, 0.717) is 12.5 Å². The molecule has 1 aliphatic rings. The van der Waals surface area contributed by atoms with Crippen LogP contribution in [-0.4, -0.2) is 11.7 Å². The second-order valence-corrected chi connectivity index (χ2v) is 13.0. The van der Waals surface area contributed by atoms with Gasteiger partial charge in [-0.25, -0.2) is 0 Å². The number of benzene rings is 4. The average molecular weight is 547 g/mol. The summed E-state index contributed by atoms with van der Waals surface area (Å²) in [5, 5.41) is 10.3. The molecule has 4 aromatic rings. The molecule has 214 valence electrons. The first-order valence-electron chi connectivity index (χ1n) is 15.4. The minimum Gasteiger partial charge on any atom is -0.508 e. The molecule has 0 bridgehead atoms. The molecule has 0 heterocycles. The van der Waals surface area contributed by atoms with Gasteiger partial charge in [-0.1, -0.05) is 122 Å². The Bertz CT molecular complexity index is 1490. The van der Waals surface area contributed by atoms with Crippen molar-refractivity contribution in [3.8, 4) is 22.6 Å². The van der Waals surface area contributed by atoms with E-state index in [4.69, 9.17) is 4.74 Å². The Labute approximate surface area is 247 Å². The van der Waals surface area contributed by atoms with E-state index in [1.807, 2.05) is 12.1 Å². The van der Waals surface area contributed by atoms with Crippen LogP contribution in [0.5, 0.6) is 11.5 Å². The second kappa shape index (κ2) is 11.0. The summed E-state index contributed by atoms with van der Waals surface area (Å²) in [7, 11) is 0. The van der Waals surface area contributed by atoms with Gasteiger partial charge in [0.25, 0.3) is 0 Å². The summed E-state index contributed by atoms with van der Waals surface area (Å²) < 4.78 is 6.33. The maximum Gasteiger partial charge on any atom is 0.119 e. The van der Waals surface area contributed by atoms with Crippen LogP contribution in [0.3, 0.4) is 0 Å². The van der Waals surface area contributed by atoms with Gasteiger partial charge < -0.3 is 9.84 Å². The maximum absolute atomic E-state index is 10.3. The number of hydrogen-bond acceptors (Lipinski definition) is 2. The SMILES string of the molecule is CCC(C)(CC)COc1ccc(C2(c3ccc(O)cc3)c3ccccc3-c3ccc(C(C)C(C)(C)CC)cc32)cc1. The molecule has 2 nitrogen and oxygen atoms in total. The van der Waals surface area contributed by atoms with Gasteiger partial charge in [0.15, 0.2) is 0 Å². The largest absolute Gasteiger partial charge is 0.508 e. The third-order valence-electron chi connectivity index (χ3n) is 10.5. The molecule has 1 aliphatic carbocycles. The Morgan fingerprint density at radius 2 is 1.29 bits per heavy atom. The zero-order valence-electron chi connectivity index (χ0n) is 25.9. The lowest BCUT2D eigenvalue weighted by atomic mass is 9.66.